The number of hydrogen-bond donors (Lipinski definition) is 1. The van der Waals surface area contributed by atoms with Crippen molar-refractivity contribution in [3.63, 3.8) is 0 Å². The monoisotopic (exact) mass is 404 g/mol. The molecule has 1 aromatic heterocycles. The summed E-state index contributed by atoms with van der Waals surface area (Å²) in [4.78, 5) is 17.2. The Morgan fingerprint density at radius 1 is 1.23 bits per heavy atom. The predicted molar refractivity (Wildman–Crippen MR) is 105 cm³/mol. The fourth-order valence-corrected chi connectivity index (χ4v) is 4.57. The Balaban J connectivity index is 0.00000121. The number of hydrogen-bond acceptors (Lipinski definition) is 5. The zero-order valence-corrected chi connectivity index (χ0v) is 17.0. The molecular weight excluding hydrogens is 375 g/mol. The number of nitrogens with zero attached hydrogens (tertiary/aromatic N) is 3. The van der Waals surface area contributed by atoms with Crippen molar-refractivity contribution in [3.8, 4) is 0 Å². The Labute approximate surface area is 167 Å². The average Bonchev–Trinajstić information content (AvgIpc) is 3.21. The molecule has 2 aliphatic heterocycles. The van der Waals surface area contributed by atoms with Crippen LogP contribution in [0.4, 0.5) is 0 Å². The maximum Gasteiger partial charge on any atom is 0.239 e. The predicted octanol–water partition coefficient (Wildman–Crippen LogP) is 2.39. The largest absolute Gasteiger partial charge is 0.360 e. The normalized spacial score (nSPS) is 28.8. The molecule has 0 bridgehead atoms. The molecule has 26 heavy (non-hydrogen) atoms. The second-order valence-corrected chi connectivity index (χ2v) is 7.64. The summed E-state index contributed by atoms with van der Waals surface area (Å²) in [6.07, 6.45) is 6.24. The number of fused-ring (bicyclic) bond motifs is 1. The third kappa shape index (κ3) is 4.71. The standard InChI is InChI=1S/C18H28N4O2.2ClH/c1-13-10-15(24-20-13)12-21-6-8-22(9-7-21)18(23)17-11-14-4-2-3-5-16(14)19-17;;/h10,14,16-17,19H,2-9,11-12H2,1H3;2*1H. The van der Waals surface area contributed by atoms with Crippen molar-refractivity contribution in [2.24, 2.45) is 5.92 Å². The quantitative estimate of drug-likeness (QED) is 0.837. The van der Waals surface area contributed by atoms with Gasteiger partial charge in [0.1, 0.15) is 0 Å². The van der Waals surface area contributed by atoms with Crippen molar-refractivity contribution < 1.29 is 9.32 Å². The van der Waals surface area contributed by atoms with E-state index in [1.807, 2.05) is 13.0 Å². The lowest BCUT2D eigenvalue weighted by molar-refractivity contribution is -0.135. The minimum absolute atomic E-state index is 0. The van der Waals surface area contributed by atoms with Gasteiger partial charge in [-0.3, -0.25) is 9.69 Å². The average molecular weight is 405 g/mol. The van der Waals surface area contributed by atoms with Gasteiger partial charge in [-0.2, -0.15) is 0 Å². The Hall–Kier alpha value is -0.820. The number of nitrogens with one attached hydrogen (secondary N) is 1. The van der Waals surface area contributed by atoms with Crippen molar-refractivity contribution in [1.29, 1.82) is 0 Å². The minimum atomic E-state index is 0. The van der Waals surface area contributed by atoms with E-state index < -0.39 is 0 Å². The Bertz CT molecular complexity index is 576. The molecule has 1 aromatic rings. The van der Waals surface area contributed by atoms with Crippen LogP contribution >= 0.6 is 24.8 Å². The third-order valence-corrected chi connectivity index (χ3v) is 5.90. The Morgan fingerprint density at radius 3 is 2.62 bits per heavy atom. The molecule has 3 atom stereocenters. The fourth-order valence-electron chi connectivity index (χ4n) is 4.57. The van der Waals surface area contributed by atoms with Crippen LogP contribution in [0, 0.1) is 12.8 Å². The second kappa shape index (κ2) is 9.40. The minimum Gasteiger partial charge on any atom is -0.360 e. The van der Waals surface area contributed by atoms with Crippen LogP contribution in [-0.2, 0) is 11.3 Å². The first-order valence-electron chi connectivity index (χ1n) is 9.38. The molecule has 3 aliphatic rings. The number of carbonyl (C=O) groups is 1. The Morgan fingerprint density at radius 2 is 1.96 bits per heavy atom. The summed E-state index contributed by atoms with van der Waals surface area (Å²) in [5.41, 5.74) is 0.924. The van der Waals surface area contributed by atoms with E-state index in [1.165, 1.54) is 25.7 Å². The highest BCUT2D eigenvalue weighted by Crippen LogP contribution is 2.33. The van der Waals surface area contributed by atoms with Gasteiger partial charge in [-0.25, -0.2) is 0 Å². The molecule has 6 nitrogen and oxygen atoms in total. The van der Waals surface area contributed by atoms with Gasteiger partial charge in [-0.1, -0.05) is 18.0 Å². The molecule has 3 fully saturated rings. The molecule has 148 valence electrons. The molecule has 0 spiro atoms. The molecule has 4 rings (SSSR count). The summed E-state index contributed by atoms with van der Waals surface area (Å²) in [7, 11) is 0. The van der Waals surface area contributed by atoms with Crippen molar-refractivity contribution in [2.75, 3.05) is 26.2 Å². The first-order valence-corrected chi connectivity index (χ1v) is 9.38. The summed E-state index contributed by atoms with van der Waals surface area (Å²) in [6, 6.07) is 2.63. The third-order valence-electron chi connectivity index (χ3n) is 5.90. The molecule has 1 aliphatic carbocycles. The summed E-state index contributed by atoms with van der Waals surface area (Å²) >= 11 is 0. The molecule has 2 saturated heterocycles. The van der Waals surface area contributed by atoms with E-state index in [9.17, 15) is 4.79 Å². The van der Waals surface area contributed by atoms with E-state index in [2.05, 4.69) is 20.3 Å². The van der Waals surface area contributed by atoms with Crippen LogP contribution in [0.5, 0.6) is 0 Å². The molecule has 1 saturated carbocycles. The molecule has 0 aromatic carbocycles. The lowest BCUT2D eigenvalue weighted by atomic mass is 9.85. The lowest BCUT2D eigenvalue weighted by Gasteiger charge is -2.35. The van der Waals surface area contributed by atoms with Crippen molar-refractivity contribution in [3.05, 3.63) is 17.5 Å². The van der Waals surface area contributed by atoms with Crippen molar-refractivity contribution in [1.82, 2.24) is 20.3 Å². The zero-order chi connectivity index (χ0) is 16.5. The van der Waals surface area contributed by atoms with Gasteiger partial charge >= 0.3 is 0 Å². The highest BCUT2D eigenvalue weighted by Gasteiger charge is 2.40. The van der Waals surface area contributed by atoms with E-state index in [4.69, 9.17) is 4.52 Å². The van der Waals surface area contributed by atoms with Gasteiger partial charge in [0.15, 0.2) is 5.76 Å². The number of halogens is 2. The summed E-state index contributed by atoms with van der Waals surface area (Å²) < 4.78 is 5.29. The summed E-state index contributed by atoms with van der Waals surface area (Å²) in [6.45, 7) is 6.18. The van der Waals surface area contributed by atoms with Crippen LogP contribution in [0.3, 0.4) is 0 Å². The van der Waals surface area contributed by atoms with Gasteiger partial charge in [0.2, 0.25) is 5.91 Å². The Kier molecular flexibility index (Phi) is 7.76. The van der Waals surface area contributed by atoms with Crippen LogP contribution < -0.4 is 5.32 Å². The SMILES string of the molecule is Cc1cc(CN2CCN(C(=O)C3CC4CCCCC4N3)CC2)on1.Cl.Cl. The topological polar surface area (TPSA) is 61.6 Å². The number of piperazine rings is 1. The van der Waals surface area contributed by atoms with Crippen molar-refractivity contribution in [2.45, 2.75) is 57.7 Å². The first-order chi connectivity index (χ1) is 11.7. The van der Waals surface area contributed by atoms with Crippen molar-refractivity contribution >= 4 is 30.7 Å². The van der Waals surface area contributed by atoms with Crippen LogP contribution in [0.1, 0.15) is 43.6 Å². The summed E-state index contributed by atoms with van der Waals surface area (Å²) in [5, 5.41) is 7.55. The van der Waals surface area contributed by atoms with Crippen LogP contribution in [0.2, 0.25) is 0 Å². The van der Waals surface area contributed by atoms with E-state index in [0.717, 1.165) is 56.5 Å². The molecule has 3 unspecified atom stereocenters. The van der Waals surface area contributed by atoms with Crippen LogP contribution in [-0.4, -0.2) is 59.1 Å². The van der Waals surface area contributed by atoms with Gasteiger partial charge in [0.05, 0.1) is 18.3 Å². The number of aryl methyl sites for hydroxylation is 1. The molecular formula is C18H30Cl2N4O2. The number of amides is 1. The first kappa shape index (κ1) is 21.5. The highest BCUT2D eigenvalue weighted by atomic mass is 35.5. The smallest absolute Gasteiger partial charge is 0.239 e. The number of aromatic nitrogens is 1. The van der Waals surface area contributed by atoms with E-state index in [1.54, 1.807) is 0 Å². The van der Waals surface area contributed by atoms with E-state index >= 15 is 0 Å². The van der Waals surface area contributed by atoms with Gasteiger partial charge in [0, 0.05) is 38.3 Å². The molecule has 3 heterocycles. The van der Waals surface area contributed by atoms with Gasteiger partial charge < -0.3 is 14.7 Å². The van der Waals surface area contributed by atoms with Gasteiger partial charge in [0.25, 0.3) is 0 Å². The van der Waals surface area contributed by atoms with Gasteiger partial charge in [-0.05, 0) is 32.1 Å². The maximum absolute atomic E-state index is 12.8. The molecule has 1 N–H and O–H groups in total. The zero-order valence-electron chi connectivity index (χ0n) is 15.4. The van der Waals surface area contributed by atoms with Crippen LogP contribution in [0.15, 0.2) is 10.6 Å². The maximum atomic E-state index is 12.8. The number of carbonyl (C=O) groups excluding carboxylic acids is 1. The fraction of sp³-hybridized carbons (Fsp3) is 0.778. The van der Waals surface area contributed by atoms with E-state index in [-0.39, 0.29) is 30.9 Å². The summed E-state index contributed by atoms with van der Waals surface area (Å²) in [5.74, 6) is 1.96. The van der Waals surface area contributed by atoms with Gasteiger partial charge in [-0.15, -0.1) is 24.8 Å². The lowest BCUT2D eigenvalue weighted by Crippen LogP contribution is -2.53. The van der Waals surface area contributed by atoms with E-state index in [0.29, 0.717) is 11.9 Å². The molecule has 8 heteroatoms. The second-order valence-electron chi connectivity index (χ2n) is 7.64. The highest BCUT2D eigenvalue weighted by molar-refractivity contribution is 5.85. The molecule has 0 radical (unpaired) electrons. The van der Waals surface area contributed by atoms with Crippen LogP contribution in [0.25, 0.3) is 0 Å². The molecule has 1 amide bonds. The number of rotatable bonds is 3.